The first-order valence-electron chi connectivity index (χ1n) is 9.29. The summed E-state index contributed by atoms with van der Waals surface area (Å²) < 4.78 is 44.0. The molecule has 0 spiro atoms. The van der Waals surface area contributed by atoms with E-state index >= 15 is 0 Å². The van der Waals surface area contributed by atoms with Crippen LogP contribution in [0.4, 0.5) is 4.39 Å². The number of piperazine rings is 1. The first-order valence-corrected chi connectivity index (χ1v) is 11.1. The van der Waals surface area contributed by atoms with Gasteiger partial charge in [-0.05, 0) is 43.2 Å². The summed E-state index contributed by atoms with van der Waals surface area (Å²) in [4.78, 5) is 4.48. The molecule has 2 aromatic rings. The number of aryl methyl sites for hydroxylation is 2. The van der Waals surface area contributed by atoms with Gasteiger partial charge in [0.25, 0.3) is 0 Å². The number of fused-ring (bicyclic) bond motifs is 1. The second-order valence-electron chi connectivity index (χ2n) is 7.75. The molecule has 3 heterocycles. The maximum Gasteiger partial charge on any atom is 0.153 e. The largest absolute Gasteiger partial charge is 0.465 e. The van der Waals surface area contributed by atoms with Crippen molar-refractivity contribution in [1.29, 1.82) is 0 Å². The fourth-order valence-corrected chi connectivity index (χ4v) is 6.34. The minimum absolute atomic E-state index is 0.0318. The molecule has 1 aromatic heterocycles. The van der Waals surface area contributed by atoms with Crippen molar-refractivity contribution in [2.75, 3.05) is 24.6 Å². The second kappa shape index (κ2) is 7.04. The molecule has 0 N–H and O–H groups in total. The molecule has 0 saturated carbocycles. The van der Waals surface area contributed by atoms with Gasteiger partial charge in [0.05, 0.1) is 18.1 Å². The predicted octanol–water partition coefficient (Wildman–Crippen LogP) is 2.52. The molecule has 2 saturated heterocycles. The van der Waals surface area contributed by atoms with Crippen LogP contribution < -0.4 is 0 Å². The van der Waals surface area contributed by atoms with Crippen molar-refractivity contribution in [2.24, 2.45) is 0 Å². The SMILES string of the molecule is Cc1ccc(CN2CCN(Cc3ccc(F)c(C)c3)[C@H]3CS(=O)(=O)C[C@H]32)o1. The topological polar surface area (TPSA) is 53.8 Å². The molecule has 2 fully saturated rings. The van der Waals surface area contributed by atoms with Gasteiger partial charge in [-0.2, -0.15) is 0 Å². The molecule has 0 bridgehead atoms. The second-order valence-corrected chi connectivity index (χ2v) is 9.90. The van der Waals surface area contributed by atoms with E-state index < -0.39 is 9.84 Å². The van der Waals surface area contributed by atoms with Gasteiger partial charge in [0.1, 0.15) is 17.3 Å². The lowest BCUT2D eigenvalue weighted by atomic mass is 10.0. The zero-order valence-electron chi connectivity index (χ0n) is 15.7. The number of furan rings is 1. The molecule has 2 atom stereocenters. The quantitative estimate of drug-likeness (QED) is 0.800. The van der Waals surface area contributed by atoms with Crippen LogP contribution >= 0.6 is 0 Å². The molecular weight excluding hydrogens is 367 g/mol. The molecule has 0 unspecified atom stereocenters. The molecule has 2 aliphatic rings. The highest BCUT2D eigenvalue weighted by atomic mass is 32.2. The molecule has 4 rings (SSSR count). The summed E-state index contributed by atoms with van der Waals surface area (Å²) >= 11 is 0. The van der Waals surface area contributed by atoms with Crippen LogP contribution in [0.2, 0.25) is 0 Å². The zero-order chi connectivity index (χ0) is 19.2. The summed E-state index contributed by atoms with van der Waals surface area (Å²) in [6.45, 7) is 6.52. The minimum atomic E-state index is -3.06. The number of halogens is 1. The zero-order valence-corrected chi connectivity index (χ0v) is 16.5. The number of rotatable bonds is 4. The molecule has 0 amide bonds. The Bertz CT molecular complexity index is 940. The van der Waals surface area contributed by atoms with Gasteiger partial charge in [-0.15, -0.1) is 0 Å². The van der Waals surface area contributed by atoms with E-state index in [1.807, 2.05) is 25.1 Å². The highest BCUT2D eigenvalue weighted by Crippen LogP contribution is 2.29. The molecule has 27 heavy (non-hydrogen) atoms. The van der Waals surface area contributed by atoms with Gasteiger partial charge in [0.15, 0.2) is 9.84 Å². The third kappa shape index (κ3) is 3.95. The summed E-state index contributed by atoms with van der Waals surface area (Å²) in [7, 11) is -3.06. The molecule has 0 radical (unpaired) electrons. The fraction of sp³-hybridized carbons (Fsp3) is 0.500. The van der Waals surface area contributed by atoms with Crippen molar-refractivity contribution >= 4 is 9.84 Å². The number of hydrogen-bond acceptors (Lipinski definition) is 5. The Kier molecular flexibility index (Phi) is 4.86. The third-order valence-electron chi connectivity index (χ3n) is 5.67. The van der Waals surface area contributed by atoms with Crippen molar-refractivity contribution in [3.05, 3.63) is 58.8 Å². The normalized spacial score (nSPS) is 25.6. The smallest absolute Gasteiger partial charge is 0.153 e. The molecular formula is C20H25FN2O3S. The van der Waals surface area contributed by atoms with Gasteiger partial charge < -0.3 is 4.42 Å². The Labute approximate surface area is 159 Å². The lowest BCUT2D eigenvalue weighted by Crippen LogP contribution is -2.58. The van der Waals surface area contributed by atoms with Crippen LogP contribution in [0.25, 0.3) is 0 Å². The van der Waals surface area contributed by atoms with Gasteiger partial charge in [-0.1, -0.05) is 12.1 Å². The van der Waals surface area contributed by atoms with Crippen LogP contribution in [0.1, 0.15) is 22.6 Å². The summed E-state index contributed by atoms with van der Waals surface area (Å²) in [5.74, 6) is 1.91. The number of sulfone groups is 1. The molecule has 1 aromatic carbocycles. The van der Waals surface area contributed by atoms with E-state index in [4.69, 9.17) is 4.42 Å². The van der Waals surface area contributed by atoms with E-state index in [0.717, 1.165) is 30.2 Å². The van der Waals surface area contributed by atoms with Gasteiger partial charge in [-0.25, -0.2) is 12.8 Å². The molecule has 5 nitrogen and oxygen atoms in total. The van der Waals surface area contributed by atoms with Crippen molar-refractivity contribution in [1.82, 2.24) is 9.80 Å². The summed E-state index contributed by atoms with van der Waals surface area (Å²) in [5.41, 5.74) is 1.64. The number of nitrogens with zero attached hydrogens (tertiary/aromatic N) is 2. The minimum Gasteiger partial charge on any atom is -0.465 e. The first-order chi connectivity index (χ1) is 12.8. The van der Waals surface area contributed by atoms with E-state index in [0.29, 0.717) is 18.7 Å². The van der Waals surface area contributed by atoms with Crippen LogP contribution in [0.15, 0.2) is 34.7 Å². The van der Waals surface area contributed by atoms with Crippen LogP contribution in [0, 0.1) is 19.7 Å². The maximum atomic E-state index is 13.5. The molecule has 7 heteroatoms. The van der Waals surface area contributed by atoms with Crippen molar-refractivity contribution in [3.8, 4) is 0 Å². The van der Waals surface area contributed by atoms with E-state index in [1.54, 1.807) is 13.0 Å². The standard InChI is InChI=1S/C20H25FN2O3S/c1-14-9-16(4-6-18(14)21)10-22-7-8-23(11-17-5-3-15(2)26-17)20-13-27(24,25)12-19(20)22/h3-6,9,19-20H,7-8,10-13H2,1-2H3/t19-,20+/m0/s1. The lowest BCUT2D eigenvalue weighted by Gasteiger charge is -2.43. The van der Waals surface area contributed by atoms with Gasteiger partial charge in [-0.3, -0.25) is 9.80 Å². The van der Waals surface area contributed by atoms with Crippen molar-refractivity contribution < 1.29 is 17.2 Å². The van der Waals surface area contributed by atoms with Crippen LogP contribution in [-0.4, -0.2) is 54.9 Å². The highest BCUT2D eigenvalue weighted by molar-refractivity contribution is 7.91. The van der Waals surface area contributed by atoms with Crippen LogP contribution in [0.3, 0.4) is 0 Å². The average molecular weight is 392 g/mol. The van der Waals surface area contributed by atoms with Gasteiger partial charge in [0.2, 0.25) is 0 Å². The van der Waals surface area contributed by atoms with Crippen LogP contribution in [-0.2, 0) is 22.9 Å². The first kappa shape index (κ1) is 18.7. The molecule has 2 aliphatic heterocycles. The summed E-state index contributed by atoms with van der Waals surface area (Å²) in [5, 5.41) is 0. The Morgan fingerprint density at radius 1 is 1.04 bits per heavy atom. The summed E-state index contributed by atoms with van der Waals surface area (Å²) in [6, 6.07) is 8.96. The van der Waals surface area contributed by atoms with E-state index in [2.05, 4.69) is 9.80 Å². The average Bonchev–Trinajstić information content (AvgIpc) is 3.15. The Morgan fingerprint density at radius 2 is 1.70 bits per heavy atom. The lowest BCUT2D eigenvalue weighted by molar-refractivity contribution is 0.0315. The van der Waals surface area contributed by atoms with Crippen molar-refractivity contribution in [2.45, 2.75) is 39.0 Å². The molecule has 146 valence electrons. The van der Waals surface area contributed by atoms with Crippen molar-refractivity contribution in [3.63, 3.8) is 0 Å². The van der Waals surface area contributed by atoms with E-state index in [-0.39, 0.29) is 29.4 Å². The number of hydrogen-bond donors (Lipinski definition) is 0. The van der Waals surface area contributed by atoms with E-state index in [1.165, 1.54) is 6.07 Å². The molecule has 0 aliphatic carbocycles. The van der Waals surface area contributed by atoms with Gasteiger partial charge >= 0.3 is 0 Å². The predicted molar refractivity (Wildman–Crippen MR) is 102 cm³/mol. The van der Waals surface area contributed by atoms with Crippen LogP contribution in [0.5, 0.6) is 0 Å². The van der Waals surface area contributed by atoms with E-state index in [9.17, 15) is 12.8 Å². The van der Waals surface area contributed by atoms with Gasteiger partial charge in [0, 0.05) is 31.7 Å². The number of benzene rings is 1. The maximum absolute atomic E-state index is 13.5. The monoisotopic (exact) mass is 392 g/mol. The summed E-state index contributed by atoms with van der Waals surface area (Å²) in [6.07, 6.45) is 0. The Balaban J connectivity index is 1.53. The Hall–Kier alpha value is -1.70. The highest BCUT2D eigenvalue weighted by Gasteiger charge is 2.46. The fourth-order valence-electron chi connectivity index (χ4n) is 4.30. The third-order valence-corrected chi connectivity index (χ3v) is 7.37. The Morgan fingerprint density at radius 3 is 2.30 bits per heavy atom.